The lowest BCUT2D eigenvalue weighted by Gasteiger charge is -2.54. The lowest BCUT2D eigenvalue weighted by atomic mass is 9.73. The fourth-order valence-electron chi connectivity index (χ4n) is 6.17. The third-order valence-electron chi connectivity index (χ3n) is 6.84. The Bertz CT molecular complexity index is 314. The van der Waals surface area contributed by atoms with Gasteiger partial charge in [0, 0.05) is 24.2 Å². The van der Waals surface area contributed by atoms with Crippen molar-refractivity contribution in [3.05, 3.63) is 0 Å². The van der Waals surface area contributed by atoms with Gasteiger partial charge < -0.3 is 5.73 Å². The standard InChI is InChI=1S/C18H32N2/c19-15-11-16-6-3-7-17(12-15)20(16)18-9-13-4-1-2-5-14(8-13)10-18/h13-18H,1-12,19H2/t13-,14+,15-,16+,17-,18-. The molecule has 0 aromatic carbocycles. The molecule has 2 heteroatoms. The number of hydrogen-bond donors (Lipinski definition) is 1. The quantitative estimate of drug-likeness (QED) is 0.791. The van der Waals surface area contributed by atoms with Crippen LogP contribution in [0.1, 0.15) is 77.0 Å². The summed E-state index contributed by atoms with van der Waals surface area (Å²) < 4.78 is 0. The minimum absolute atomic E-state index is 0.493. The predicted molar refractivity (Wildman–Crippen MR) is 83.6 cm³/mol. The second-order valence-corrected chi connectivity index (χ2v) is 8.29. The van der Waals surface area contributed by atoms with E-state index in [0.717, 1.165) is 30.0 Å². The van der Waals surface area contributed by atoms with Gasteiger partial charge in [-0.3, -0.25) is 4.90 Å². The summed E-state index contributed by atoms with van der Waals surface area (Å²) in [6.45, 7) is 0. The number of fused-ring (bicyclic) bond motifs is 4. The van der Waals surface area contributed by atoms with Crippen LogP contribution in [-0.4, -0.2) is 29.1 Å². The minimum Gasteiger partial charge on any atom is -0.328 e. The molecule has 0 amide bonds. The Morgan fingerprint density at radius 3 is 1.80 bits per heavy atom. The Morgan fingerprint density at radius 2 is 1.20 bits per heavy atom. The van der Waals surface area contributed by atoms with Gasteiger partial charge in [-0.05, 0) is 56.8 Å². The zero-order chi connectivity index (χ0) is 13.5. The molecule has 2 N–H and O–H groups in total. The molecular formula is C18H32N2. The molecular weight excluding hydrogens is 244 g/mol. The Hall–Kier alpha value is -0.0800. The highest BCUT2D eigenvalue weighted by molar-refractivity contribution is 4.99. The first-order chi connectivity index (χ1) is 9.79. The van der Waals surface area contributed by atoms with E-state index >= 15 is 0 Å². The van der Waals surface area contributed by atoms with Crippen molar-refractivity contribution >= 4 is 0 Å². The molecule has 2 nitrogen and oxygen atoms in total. The van der Waals surface area contributed by atoms with Crippen molar-refractivity contribution < 1.29 is 0 Å². The molecule has 114 valence electrons. The van der Waals surface area contributed by atoms with Crippen LogP contribution in [0.2, 0.25) is 0 Å². The lowest BCUT2D eigenvalue weighted by molar-refractivity contribution is -0.0328. The van der Waals surface area contributed by atoms with Gasteiger partial charge in [0.2, 0.25) is 0 Å². The maximum atomic E-state index is 6.31. The van der Waals surface area contributed by atoms with E-state index < -0.39 is 0 Å². The summed E-state index contributed by atoms with van der Waals surface area (Å²) in [5, 5.41) is 0. The normalized spacial score (nSPS) is 49.6. The summed E-state index contributed by atoms with van der Waals surface area (Å²) in [6, 6.07) is 3.08. The van der Waals surface area contributed by atoms with Gasteiger partial charge in [0.1, 0.15) is 0 Å². The summed E-state index contributed by atoms with van der Waals surface area (Å²) in [7, 11) is 0. The van der Waals surface area contributed by atoms with Crippen LogP contribution in [0.15, 0.2) is 0 Å². The highest BCUT2D eigenvalue weighted by Crippen LogP contribution is 2.44. The second-order valence-electron chi connectivity index (χ2n) is 8.29. The second kappa shape index (κ2) is 5.61. The summed E-state index contributed by atoms with van der Waals surface area (Å²) >= 11 is 0. The highest BCUT2D eigenvalue weighted by atomic mass is 15.2. The molecule has 0 aromatic rings. The van der Waals surface area contributed by atoms with Crippen molar-refractivity contribution in [3.8, 4) is 0 Å². The molecule has 4 bridgehead atoms. The van der Waals surface area contributed by atoms with Crippen LogP contribution in [0.25, 0.3) is 0 Å². The molecule has 4 fully saturated rings. The largest absolute Gasteiger partial charge is 0.328 e. The van der Waals surface area contributed by atoms with Gasteiger partial charge in [0.05, 0.1) is 0 Å². The van der Waals surface area contributed by atoms with Crippen LogP contribution < -0.4 is 5.73 Å². The number of piperidine rings is 2. The zero-order valence-corrected chi connectivity index (χ0v) is 13.0. The lowest BCUT2D eigenvalue weighted by Crippen LogP contribution is -2.60. The molecule has 2 aliphatic heterocycles. The Balaban J connectivity index is 1.51. The highest BCUT2D eigenvalue weighted by Gasteiger charge is 2.43. The Morgan fingerprint density at radius 1 is 0.600 bits per heavy atom. The average Bonchev–Trinajstić information content (AvgIpc) is 2.58. The van der Waals surface area contributed by atoms with E-state index in [1.165, 1.54) is 70.6 Å². The predicted octanol–water partition coefficient (Wildman–Crippen LogP) is 3.69. The molecule has 0 spiro atoms. The molecule has 2 saturated heterocycles. The molecule has 6 atom stereocenters. The van der Waals surface area contributed by atoms with Crippen LogP contribution in [-0.2, 0) is 0 Å². The van der Waals surface area contributed by atoms with E-state index in [2.05, 4.69) is 4.90 Å². The van der Waals surface area contributed by atoms with E-state index in [9.17, 15) is 0 Å². The van der Waals surface area contributed by atoms with E-state index in [-0.39, 0.29) is 0 Å². The van der Waals surface area contributed by atoms with Crippen LogP contribution in [0, 0.1) is 11.8 Å². The van der Waals surface area contributed by atoms with Gasteiger partial charge in [-0.2, -0.15) is 0 Å². The third kappa shape index (κ3) is 2.54. The van der Waals surface area contributed by atoms with Crippen molar-refractivity contribution in [2.24, 2.45) is 17.6 Å². The number of hydrogen-bond acceptors (Lipinski definition) is 2. The molecule has 4 aliphatic rings. The zero-order valence-electron chi connectivity index (χ0n) is 13.0. The summed E-state index contributed by atoms with van der Waals surface area (Å²) in [4.78, 5) is 3.00. The summed E-state index contributed by atoms with van der Waals surface area (Å²) in [5.74, 6) is 2.11. The first-order valence-corrected chi connectivity index (χ1v) is 9.32. The van der Waals surface area contributed by atoms with Crippen molar-refractivity contribution in [3.63, 3.8) is 0 Å². The Labute approximate surface area is 124 Å². The van der Waals surface area contributed by atoms with E-state index in [1.807, 2.05) is 0 Å². The van der Waals surface area contributed by atoms with Crippen molar-refractivity contribution in [1.29, 1.82) is 0 Å². The van der Waals surface area contributed by atoms with E-state index in [1.54, 1.807) is 6.42 Å². The minimum atomic E-state index is 0.493. The van der Waals surface area contributed by atoms with Gasteiger partial charge in [-0.15, -0.1) is 0 Å². The topological polar surface area (TPSA) is 29.3 Å². The molecule has 0 aromatic heterocycles. The molecule has 2 heterocycles. The van der Waals surface area contributed by atoms with Crippen molar-refractivity contribution in [2.45, 2.75) is 101 Å². The molecule has 0 radical (unpaired) electrons. The molecule has 4 rings (SSSR count). The van der Waals surface area contributed by atoms with Gasteiger partial charge in [0.15, 0.2) is 0 Å². The van der Waals surface area contributed by atoms with Crippen LogP contribution in [0.3, 0.4) is 0 Å². The van der Waals surface area contributed by atoms with Gasteiger partial charge >= 0.3 is 0 Å². The summed E-state index contributed by atoms with van der Waals surface area (Å²) in [5.41, 5.74) is 6.31. The number of nitrogens with zero attached hydrogens (tertiary/aromatic N) is 1. The summed E-state index contributed by atoms with van der Waals surface area (Å²) in [6.07, 6.45) is 17.5. The smallest absolute Gasteiger partial charge is 0.0116 e. The number of nitrogens with two attached hydrogens (primary N) is 1. The average molecular weight is 276 g/mol. The van der Waals surface area contributed by atoms with Gasteiger partial charge in [-0.25, -0.2) is 0 Å². The molecule has 20 heavy (non-hydrogen) atoms. The SMILES string of the molecule is N[C@H]1C[C@H]2CCC[C@@H](C1)N2[C@@H]1C[C@@H]2CCCC[C@@H](C2)C1. The Kier molecular flexibility index (Phi) is 3.80. The fraction of sp³-hybridized carbons (Fsp3) is 1.00. The number of rotatable bonds is 1. The molecule has 2 aliphatic carbocycles. The molecule has 0 unspecified atom stereocenters. The monoisotopic (exact) mass is 276 g/mol. The van der Waals surface area contributed by atoms with E-state index in [0.29, 0.717) is 6.04 Å². The maximum absolute atomic E-state index is 6.31. The first kappa shape index (κ1) is 13.6. The van der Waals surface area contributed by atoms with Gasteiger partial charge in [-0.1, -0.05) is 32.1 Å². The molecule has 2 saturated carbocycles. The first-order valence-electron chi connectivity index (χ1n) is 9.32. The van der Waals surface area contributed by atoms with Crippen LogP contribution in [0.5, 0.6) is 0 Å². The van der Waals surface area contributed by atoms with Crippen LogP contribution >= 0.6 is 0 Å². The third-order valence-corrected chi connectivity index (χ3v) is 6.84. The van der Waals surface area contributed by atoms with E-state index in [4.69, 9.17) is 5.73 Å². The fourth-order valence-corrected chi connectivity index (χ4v) is 6.17. The van der Waals surface area contributed by atoms with Gasteiger partial charge in [0.25, 0.3) is 0 Å². The van der Waals surface area contributed by atoms with Crippen molar-refractivity contribution in [1.82, 2.24) is 4.90 Å². The van der Waals surface area contributed by atoms with Crippen molar-refractivity contribution in [2.75, 3.05) is 0 Å². The van der Waals surface area contributed by atoms with Crippen LogP contribution in [0.4, 0.5) is 0 Å². The maximum Gasteiger partial charge on any atom is 0.0116 e.